The molecule has 3 aromatic rings. The van der Waals surface area contributed by atoms with E-state index >= 15 is 0 Å². The predicted octanol–water partition coefficient (Wildman–Crippen LogP) is 2.67. The topological polar surface area (TPSA) is 63.2 Å². The zero-order valence-electron chi connectivity index (χ0n) is 10.4. The minimum atomic E-state index is 0.119. The Labute approximate surface area is 111 Å². The van der Waals surface area contributed by atoms with Gasteiger partial charge in [-0.2, -0.15) is 0 Å². The van der Waals surface area contributed by atoms with E-state index < -0.39 is 0 Å². The van der Waals surface area contributed by atoms with Crippen LogP contribution in [0.1, 0.15) is 5.56 Å². The lowest BCUT2D eigenvalue weighted by atomic mass is 10.2. The maximum absolute atomic E-state index is 9.58. The van der Waals surface area contributed by atoms with Crippen molar-refractivity contribution in [1.82, 2.24) is 4.68 Å². The number of hydrogen-bond acceptors (Lipinski definition) is 3. The highest BCUT2D eigenvalue weighted by atomic mass is 16.3. The molecular weight excluding hydrogens is 238 g/mol. The second-order valence-electron chi connectivity index (χ2n) is 4.48. The van der Waals surface area contributed by atoms with Crippen LogP contribution in [-0.2, 0) is 6.54 Å². The van der Waals surface area contributed by atoms with E-state index in [1.807, 2.05) is 35.1 Å². The Morgan fingerprint density at radius 3 is 2.68 bits per heavy atom. The monoisotopic (exact) mass is 253 g/mol. The Morgan fingerprint density at radius 1 is 1.11 bits per heavy atom. The number of aromatic nitrogens is 1. The number of phenols is 1. The van der Waals surface area contributed by atoms with Gasteiger partial charge in [0.05, 0.1) is 17.7 Å². The van der Waals surface area contributed by atoms with Crippen LogP contribution in [0.4, 0.5) is 5.69 Å². The summed E-state index contributed by atoms with van der Waals surface area (Å²) >= 11 is 0. The molecule has 0 saturated carbocycles. The molecule has 1 aromatic heterocycles. The molecule has 96 valence electrons. The summed E-state index contributed by atoms with van der Waals surface area (Å²) in [5.41, 5.74) is 11.6. The summed E-state index contributed by atoms with van der Waals surface area (Å²) in [4.78, 5) is 0. The number of hydrogen-bond donors (Lipinski definition) is 3. The van der Waals surface area contributed by atoms with Crippen LogP contribution in [0.3, 0.4) is 0 Å². The third kappa shape index (κ3) is 2.20. The van der Waals surface area contributed by atoms with Crippen molar-refractivity contribution in [3.05, 3.63) is 60.3 Å². The summed E-state index contributed by atoms with van der Waals surface area (Å²) in [6.45, 7) is 0.728. The molecule has 0 saturated heterocycles. The molecule has 4 heteroatoms. The van der Waals surface area contributed by atoms with Crippen LogP contribution in [0.25, 0.3) is 10.9 Å². The van der Waals surface area contributed by atoms with Crippen molar-refractivity contribution in [3.63, 3.8) is 0 Å². The lowest BCUT2D eigenvalue weighted by molar-refractivity contribution is 0.479. The van der Waals surface area contributed by atoms with Crippen LogP contribution in [-0.4, -0.2) is 9.78 Å². The van der Waals surface area contributed by atoms with Crippen LogP contribution in [0, 0.1) is 0 Å². The number of nitrogen functional groups attached to an aromatic ring is 1. The standard InChI is InChI=1S/C15H15N3O/c16-13-9-14-12(8-15(13)19)6-7-18(14)17-10-11-4-2-1-3-5-11/h1-9,17,19H,10,16H2. The molecule has 1 heterocycles. The summed E-state index contributed by atoms with van der Waals surface area (Å²) in [6, 6.07) is 15.5. The first kappa shape index (κ1) is 11.5. The Bertz CT molecular complexity index is 704. The minimum absolute atomic E-state index is 0.119. The van der Waals surface area contributed by atoms with Gasteiger partial charge in [-0.3, -0.25) is 4.68 Å². The second-order valence-corrected chi connectivity index (χ2v) is 4.48. The number of fused-ring (bicyclic) bond motifs is 1. The lowest BCUT2D eigenvalue weighted by Crippen LogP contribution is -2.12. The summed E-state index contributed by atoms with van der Waals surface area (Å²) in [5.74, 6) is 0.119. The van der Waals surface area contributed by atoms with E-state index in [1.54, 1.807) is 12.1 Å². The van der Waals surface area contributed by atoms with Gasteiger partial charge in [0, 0.05) is 11.6 Å². The number of anilines is 1. The van der Waals surface area contributed by atoms with Gasteiger partial charge < -0.3 is 16.3 Å². The molecule has 4 N–H and O–H groups in total. The number of benzene rings is 2. The summed E-state index contributed by atoms with van der Waals surface area (Å²) in [7, 11) is 0. The highest BCUT2D eigenvalue weighted by Gasteiger charge is 2.05. The average molecular weight is 253 g/mol. The molecule has 19 heavy (non-hydrogen) atoms. The van der Waals surface area contributed by atoms with Gasteiger partial charge >= 0.3 is 0 Å². The van der Waals surface area contributed by atoms with Crippen molar-refractivity contribution in [2.75, 3.05) is 11.2 Å². The van der Waals surface area contributed by atoms with Gasteiger partial charge in [-0.05, 0) is 23.8 Å². The maximum atomic E-state index is 9.58. The zero-order chi connectivity index (χ0) is 13.2. The SMILES string of the molecule is Nc1cc2c(ccn2NCc2ccccc2)cc1O. The van der Waals surface area contributed by atoms with Crippen molar-refractivity contribution in [2.45, 2.75) is 6.54 Å². The average Bonchev–Trinajstić information content (AvgIpc) is 2.80. The summed E-state index contributed by atoms with van der Waals surface area (Å²) in [5, 5.41) is 10.5. The molecule has 4 nitrogen and oxygen atoms in total. The largest absolute Gasteiger partial charge is 0.506 e. The first-order valence-corrected chi connectivity index (χ1v) is 6.11. The second kappa shape index (κ2) is 4.57. The van der Waals surface area contributed by atoms with Crippen LogP contribution < -0.4 is 11.2 Å². The lowest BCUT2D eigenvalue weighted by Gasteiger charge is -2.10. The predicted molar refractivity (Wildman–Crippen MR) is 77.5 cm³/mol. The van der Waals surface area contributed by atoms with Gasteiger partial charge in [-0.1, -0.05) is 30.3 Å². The Morgan fingerprint density at radius 2 is 1.89 bits per heavy atom. The number of rotatable bonds is 3. The number of nitrogens with one attached hydrogen (secondary N) is 1. The van der Waals surface area contributed by atoms with E-state index in [1.165, 1.54) is 5.56 Å². The quantitative estimate of drug-likeness (QED) is 0.496. The van der Waals surface area contributed by atoms with Crippen molar-refractivity contribution in [3.8, 4) is 5.75 Å². The minimum Gasteiger partial charge on any atom is -0.506 e. The Kier molecular flexibility index (Phi) is 2.76. The zero-order valence-corrected chi connectivity index (χ0v) is 10.4. The summed E-state index contributed by atoms with van der Waals surface area (Å²) in [6.07, 6.45) is 1.92. The Balaban J connectivity index is 1.87. The van der Waals surface area contributed by atoms with Crippen LogP contribution in [0.15, 0.2) is 54.7 Å². The van der Waals surface area contributed by atoms with Gasteiger partial charge in [0.15, 0.2) is 0 Å². The van der Waals surface area contributed by atoms with E-state index in [-0.39, 0.29) is 5.75 Å². The van der Waals surface area contributed by atoms with Crippen LogP contribution in [0.5, 0.6) is 5.75 Å². The number of nitrogens with zero attached hydrogens (tertiary/aromatic N) is 1. The van der Waals surface area contributed by atoms with E-state index in [2.05, 4.69) is 17.6 Å². The van der Waals surface area contributed by atoms with Gasteiger partial charge in [-0.15, -0.1) is 0 Å². The van der Waals surface area contributed by atoms with Crippen molar-refractivity contribution in [1.29, 1.82) is 0 Å². The molecule has 0 amide bonds. The van der Waals surface area contributed by atoms with E-state index in [0.29, 0.717) is 5.69 Å². The summed E-state index contributed by atoms with van der Waals surface area (Å²) < 4.78 is 1.91. The molecule has 0 aliphatic rings. The number of nitrogens with two attached hydrogens (primary N) is 1. The molecule has 0 spiro atoms. The normalized spacial score (nSPS) is 10.7. The number of phenolic OH excluding ortho intramolecular Hbond substituents is 1. The molecule has 0 radical (unpaired) electrons. The van der Waals surface area contributed by atoms with E-state index in [9.17, 15) is 5.11 Å². The highest BCUT2D eigenvalue weighted by molar-refractivity contribution is 5.86. The molecule has 3 rings (SSSR count). The van der Waals surface area contributed by atoms with Gasteiger partial charge in [0.1, 0.15) is 5.75 Å². The highest BCUT2D eigenvalue weighted by Crippen LogP contribution is 2.27. The first-order valence-electron chi connectivity index (χ1n) is 6.11. The first-order chi connectivity index (χ1) is 9.24. The maximum Gasteiger partial charge on any atom is 0.139 e. The molecule has 0 fully saturated rings. The molecule has 2 aromatic carbocycles. The fraction of sp³-hybridized carbons (Fsp3) is 0.0667. The molecule has 0 atom stereocenters. The molecule has 0 bridgehead atoms. The van der Waals surface area contributed by atoms with Gasteiger partial charge in [0.25, 0.3) is 0 Å². The van der Waals surface area contributed by atoms with E-state index in [4.69, 9.17) is 5.73 Å². The van der Waals surface area contributed by atoms with Crippen molar-refractivity contribution < 1.29 is 5.11 Å². The molecule has 0 unspecified atom stereocenters. The fourth-order valence-electron chi connectivity index (χ4n) is 2.10. The third-order valence-electron chi connectivity index (χ3n) is 3.14. The van der Waals surface area contributed by atoms with Gasteiger partial charge in [0.2, 0.25) is 0 Å². The number of aromatic hydroxyl groups is 1. The van der Waals surface area contributed by atoms with Gasteiger partial charge in [-0.25, -0.2) is 0 Å². The van der Waals surface area contributed by atoms with E-state index in [0.717, 1.165) is 17.4 Å². The smallest absolute Gasteiger partial charge is 0.139 e. The van der Waals surface area contributed by atoms with Crippen molar-refractivity contribution >= 4 is 16.6 Å². The molecular formula is C15H15N3O. The van der Waals surface area contributed by atoms with Crippen LogP contribution in [0.2, 0.25) is 0 Å². The molecule has 0 aliphatic heterocycles. The third-order valence-corrected chi connectivity index (χ3v) is 3.14. The fourth-order valence-corrected chi connectivity index (χ4v) is 2.10. The molecule has 0 aliphatic carbocycles. The van der Waals surface area contributed by atoms with Crippen LogP contribution >= 0.6 is 0 Å². The Hall–Kier alpha value is -2.62. The van der Waals surface area contributed by atoms with Crippen molar-refractivity contribution in [2.24, 2.45) is 0 Å².